The second-order valence-electron chi connectivity index (χ2n) is 3.08. The van der Waals surface area contributed by atoms with Gasteiger partial charge >= 0.3 is 0 Å². The summed E-state index contributed by atoms with van der Waals surface area (Å²) < 4.78 is 6.16. The van der Waals surface area contributed by atoms with Crippen molar-refractivity contribution in [3.05, 3.63) is 52.4 Å². The first-order valence-corrected chi connectivity index (χ1v) is 5.12. The minimum absolute atomic E-state index is 0.734. The second kappa shape index (κ2) is 3.88. The number of rotatable bonds is 2. The van der Waals surface area contributed by atoms with Crippen LogP contribution in [0.15, 0.2) is 45.5 Å². The Hall–Kier alpha value is -1.22. The smallest absolute Gasteiger partial charge is 0.169 e. The zero-order valence-corrected chi connectivity index (χ0v) is 9.12. The fourth-order valence-electron chi connectivity index (χ4n) is 1.33. The van der Waals surface area contributed by atoms with Crippen molar-refractivity contribution in [1.82, 2.24) is 0 Å². The van der Waals surface area contributed by atoms with E-state index in [0.717, 1.165) is 28.1 Å². The number of hydrogen-bond donors (Lipinski definition) is 1. The lowest BCUT2D eigenvalue weighted by molar-refractivity contribution is 0.498. The summed E-state index contributed by atoms with van der Waals surface area (Å²) in [7, 11) is 0. The number of furan rings is 1. The third-order valence-electron chi connectivity index (χ3n) is 2.05. The third kappa shape index (κ3) is 1.99. The van der Waals surface area contributed by atoms with Gasteiger partial charge in [-0.25, -0.2) is 0 Å². The van der Waals surface area contributed by atoms with Crippen molar-refractivity contribution in [3.63, 3.8) is 0 Å². The second-order valence-corrected chi connectivity index (χ2v) is 3.86. The summed E-state index contributed by atoms with van der Waals surface area (Å²) in [4.78, 5) is 0. The largest absolute Gasteiger partial charge is 0.454 e. The number of nitrogens with two attached hydrogens (primary N) is 1. The molecule has 0 amide bonds. The average Bonchev–Trinajstić information content (AvgIpc) is 2.56. The first-order valence-electron chi connectivity index (χ1n) is 4.33. The summed E-state index contributed by atoms with van der Waals surface area (Å²) in [5.74, 6) is 0.912. The van der Waals surface area contributed by atoms with Crippen LogP contribution in [0.4, 0.5) is 5.69 Å². The van der Waals surface area contributed by atoms with Crippen LogP contribution < -0.4 is 5.73 Å². The van der Waals surface area contributed by atoms with Gasteiger partial charge in [0.2, 0.25) is 0 Å². The minimum atomic E-state index is 0.734. The summed E-state index contributed by atoms with van der Waals surface area (Å²) in [5.41, 5.74) is 7.72. The molecule has 2 rings (SSSR count). The highest BCUT2D eigenvalue weighted by Gasteiger charge is 2.03. The van der Waals surface area contributed by atoms with Crippen LogP contribution in [-0.4, -0.2) is 0 Å². The van der Waals surface area contributed by atoms with Crippen molar-refractivity contribution in [2.45, 2.75) is 6.42 Å². The molecule has 3 heteroatoms. The summed E-state index contributed by atoms with van der Waals surface area (Å²) in [5, 5.41) is 0. The van der Waals surface area contributed by atoms with E-state index in [2.05, 4.69) is 15.9 Å². The molecule has 0 spiro atoms. The molecule has 0 unspecified atom stereocenters. The number of anilines is 1. The fraction of sp³-hybridized carbons (Fsp3) is 0.0909. The van der Waals surface area contributed by atoms with Crippen molar-refractivity contribution in [2.24, 2.45) is 0 Å². The zero-order valence-electron chi connectivity index (χ0n) is 7.53. The number of benzene rings is 1. The zero-order chi connectivity index (χ0) is 9.97. The van der Waals surface area contributed by atoms with E-state index >= 15 is 0 Å². The topological polar surface area (TPSA) is 39.2 Å². The van der Waals surface area contributed by atoms with E-state index in [9.17, 15) is 0 Å². The van der Waals surface area contributed by atoms with E-state index in [1.54, 1.807) is 0 Å². The van der Waals surface area contributed by atoms with Gasteiger partial charge in [0, 0.05) is 12.1 Å². The molecule has 0 saturated carbocycles. The maximum absolute atomic E-state index is 5.82. The lowest BCUT2D eigenvalue weighted by Gasteiger charge is -2.01. The van der Waals surface area contributed by atoms with Crippen molar-refractivity contribution in [2.75, 3.05) is 5.73 Å². The van der Waals surface area contributed by atoms with Crippen LogP contribution in [0.25, 0.3) is 0 Å². The average molecular weight is 252 g/mol. The quantitative estimate of drug-likeness (QED) is 0.833. The van der Waals surface area contributed by atoms with Gasteiger partial charge in [0.25, 0.3) is 0 Å². The Balaban J connectivity index is 2.23. The predicted octanol–water partition coefficient (Wildman–Crippen LogP) is 3.22. The van der Waals surface area contributed by atoms with Gasteiger partial charge in [0.1, 0.15) is 5.76 Å². The molecule has 0 aliphatic heterocycles. The Bertz CT molecular complexity index is 436. The van der Waals surface area contributed by atoms with Gasteiger partial charge in [0.05, 0.1) is 0 Å². The Labute approximate surface area is 90.9 Å². The van der Waals surface area contributed by atoms with Gasteiger partial charge in [-0.1, -0.05) is 18.2 Å². The molecule has 1 aromatic heterocycles. The highest BCUT2D eigenvalue weighted by molar-refractivity contribution is 9.10. The molecule has 72 valence electrons. The molecule has 2 N–H and O–H groups in total. The fourth-order valence-corrected chi connectivity index (χ4v) is 1.67. The first kappa shape index (κ1) is 9.34. The Morgan fingerprint density at radius 2 is 1.93 bits per heavy atom. The van der Waals surface area contributed by atoms with Gasteiger partial charge < -0.3 is 10.2 Å². The number of hydrogen-bond acceptors (Lipinski definition) is 2. The van der Waals surface area contributed by atoms with Crippen LogP contribution in [0.3, 0.4) is 0 Å². The van der Waals surface area contributed by atoms with Crippen molar-refractivity contribution in [1.29, 1.82) is 0 Å². The van der Waals surface area contributed by atoms with Gasteiger partial charge in [-0.3, -0.25) is 0 Å². The van der Waals surface area contributed by atoms with Crippen LogP contribution in [0.1, 0.15) is 11.3 Å². The molecule has 14 heavy (non-hydrogen) atoms. The molecule has 2 aromatic rings. The molecular formula is C11H10BrNO. The molecule has 0 aliphatic carbocycles. The molecule has 2 nitrogen and oxygen atoms in total. The van der Waals surface area contributed by atoms with E-state index in [1.807, 2.05) is 36.4 Å². The van der Waals surface area contributed by atoms with Crippen molar-refractivity contribution in [3.8, 4) is 0 Å². The van der Waals surface area contributed by atoms with Gasteiger partial charge in [-0.05, 0) is 39.7 Å². The van der Waals surface area contributed by atoms with Gasteiger partial charge in [-0.2, -0.15) is 0 Å². The van der Waals surface area contributed by atoms with E-state index in [4.69, 9.17) is 10.2 Å². The molecule has 0 radical (unpaired) electrons. The summed E-state index contributed by atoms with van der Waals surface area (Å²) in [6.45, 7) is 0. The molecule has 0 bridgehead atoms. The normalized spacial score (nSPS) is 10.4. The van der Waals surface area contributed by atoms with Crippen LogP contribution in [0.2, 0.25) is 0 Å². The maximum atomic E-state index is 5.82. The molecule has 0 fully saturated rings. The van der Waals surface area contributed by atoms with Crippen LogP contribution in [0, 0.1) is 0 Å². The standard InChI is InChI=1S/C11H10BrNO/c12-11-6-5-9(14-11)7-8-3-1-2-4-10(8)13/h1-6H,7,13H2. The molecule has 1 aromatic carbocycles. The van der Waals surface area contributed by atoms with Crippen molar-refractivity contribution >= 4 is 21.6 Å². The van der Waals surface area contributed by atoms with Gasteiger partial charge in [0.15, 0.2) is 4.67 Å². The predicted molar refractivity (Wildman–Crippen MR) is 60.1 cm³/mol. The van der Waals surface area contributed by atoms with E-state index in [-0.39, 0.29) is 0 Å². The SMILES string of the molecule is Nc1ccccc1Cc1ccc(Br)o1. The summed E-state index contributed by atoms with van der Waals surface area (Å²) in [6.07, 6.45) is 0.734. The van der Waals surface area contributed by atoms with E-state index in [1.165, 1.54) is 0 Å². The van der Waals surface area contributed by atoms with Crippen LogP contribution >= 0.6 is 15.9 Å². The van der Waals surface area contributed by atoms with E-state index in [0.29, 0.717) is 0 Å². The molecule has 0 saturated heterocycles. The van der Waals surface area contributed by atoms with E-state index < -0.39 is 0 Å². The number of nitrogen functional groups attached to an aromatic ring is 1. The monoisotopic (exact) mass is 251 g/mol. The third-order valence-corrected chi connectivity index (χ3v) is 2.47. The molecule has 0 atom stereocenters. The molecule has 0 aliphatic rings. The van der Waals surface area contributed by atoms with Crippen molar-refractivity contribution < 1.29 is 4.42 Å². The Morgan fingerprint density at radius 3 is 2.57 bits per heavy atom. The van der Waals surface area contributed by atoms with Crippen LogP contribution in [-0.2, 0) is 6.42 Å². The lowest BCUT2D eigenvalue weighted by Crippen LogP contribution is -1.93. The Kier molecular flexibility index (Phi) is 2.59. The molecule has 1 heterocycles. The Morgan fingerprint density at radius 1 is 1.14 bits per heavy atom. The highest BCUT2D eigenvalue weighted by atomic mass is 79.9. The first-order chi connectivity index (χ1) is 6.75. The lowest BCUT2D eigenvalue weighted by atomic mass is 10.1. The highest BCUT2D eigenvalue weighted by Crippen LogP contribution is 2.20. The molecular weight excluding hydrogens is 242 g/mol. The van der Waals surface area contributed by atoms with Crippen LogP contribution in [0.5, 0.6) is 0 Å². The number of halogens is 1. The summed E-state index contributed by atoms with van der Waals surface area (Å²) >= 11 is 3.27. The maximum Gasteiger partial charge on any atom is 0.169 e. The minimum Gasteiger partial charge on any atom is -0.454 e. The summed E-state index contributed by atoms with van der Waals surface area (Å²) in [6, 6.07) is 11.6. The number of para-hydroxylation sites is 1. The van der Waals surface area contributed by atoms with Gasteiger partial charge in [-0.15, -0.1) is 0 Å².